The van der Waals surface area contributed by atoms with Crippen molar-refractivity contribution < 1.29 is 4.74 Å². The van der Waals surface area contributed by atoms with Gasteiger partial charge in [0, 0.05) is 6.54 Å². The number of benzene rings is 2. The van der Waals surface area contributed by atoms with Crippen LogP contribution in [0, 0.1) is 6.92 Å². The smallest absolute Gasteiger partial charge is 0.120 e. The van der Waals surface area contributed by atoms with Crippen molar-refractivity contribution in [3.63, 3.8) is 0 Å². The third-order valence-corrected chi connectivity index (χ3v) is 3.66. The van der Waals surface area contributed by atoms with Gasteiger partial charge in [-0.2, -0.15) is 0 Å². The maximum absolute atomic E-state index is 5.92. The van der Waals surface area contributed by atoms with E-state index in [0.29, 0.717) is 6.61 Å². The number of rotatable bonds is 9. The van der Waals surface area contributed by atoms with Crippen LogP contribution < -0.4 is 15.4 Å². The Morgan fingerprint density at radius 2 is 1.86 bits per heavy atom. The van der Waals surface area contributed by atoms with Crippen LogP contribution in [-0.2, 0) is 13.2 Å². The van der Waals surface area contributed by atoms with Gasteiger partial charge >= 0.3 is 0 Å². The Kier molecular flexibility index (Phi) is 6.94. The van der Waals surface area contributed by atoms with E-state index in [-0.39, 0.29) is 0 Å². The Bertz CT molecular complexity index is 569. The molecule has 118 valence electrons. The zero-order valence-electron chi connectivity index (χ0n) is 13.6. The van der Waals surface area contributed by atoms with Gasteiger partial charge in [0.05, 0.1) is 0 Å². The molecular formula is C19H26N2O. The van der Waals surface area contributed by atoms with Gasteiger partial charge in [-0.1, -0.05) is 36.4 Å². The second-order valence-electron chi connectivity index (χ2n) is 5.50. The molecule has 2 aromatic rings. The Balaban J connectivity index is 1.82. The van der Waals surface area contributed by atoms with Crippen LogP contribution >= 0.6 is 0 Å². The summed E-state index contributed by atoms with van der Waals surface area (Å²) in [6.45, 7) is 5.68. The molecule has 0 radical (unpaired) electrons. The molecule has 0 fully saturated rings. The second kappa shape index (κ2) is 9.23. The number of aryl methyl sites for hydroxylation is 1. The lowest BCUT2D eigenvalue weighted by molar-refractivity contribution is 0.305. The molecule has 0 unspecified atom stereocenters. The van der Waals surface area contributed by atoms with Crippen molar-refractivity contribution >= 4 is 0 Å². The molecule has 0 saturated heterocycles. The van der Waals surface area contributed by atoms with Crippen LogP contribution in [0.2, 0.25) is 0 Å². The molecule has 2 N–H and O–H groups in total. The van der Waals surface area contributed by atoms with Crippen LogP contribution in [0.3, 0.4) is 0 Å². The SMILES string of the molecule is CNCCCNCc1cccc(OCc2ccccc2C)c1. The molecule has 3 nitrogen and oxygen atoms in total. The predicted octanol–water partition coefficient (Wildman–Crippen LogP) is 3.27. The summed E-state index contributed by atoms with van der Waals surface area (Å²) >= 11 is 0. The lowest BCUT2D eigenvalue weighted by atomic mass is 10.1. The Morgan fingerprint density at radius 3 is 2.68 bits per heavy atom. The number of nitrogens with one attached hydrogen (secondary N) is 2. The molecule has 22 heavy (non-hydrogen) atoms. The number of hydrogen-bond donors (Lipinski definition) is 2. The number of hydrogen-bond acceptors (Lipinski definition) is 3. The van der Waals surface area contributed by atoms with Gasteiger partial charge in [0.2, 0.25) is 0 Å². The van der Waals surface area contributed by atoms with Gasteiger partial charge in [0.1, 0.15) is 12.4 Å². The normalized spacial score (nSPS) is 10.6. The largest absolute Gasteiger partial charge is 0.489 e. The van der Waals surface area contributed by atoms with Crippen LogP contribution in [-0.4, -0.2) is 20.1 Å². The molecule has 0 spiro atoms. The molecule has 0 heterocycles. The van der Waals surface area contributed by atoms with Gasteiger partial charge in [-0.25, -0.2) is 0 Å². The summed E-state index contributed by atoms with van der Waals surface area (Å²) in [7, 11) is 1.98. The monoisotopic (exact) mass is 298 g/mol. The van der Waals surface area contributed by atoms with E-state index in [9.17, 15) is 0 Å². The second-order valence-corrected chi connectivity index (χ2v) is 5.50. The van der Waals surface area contributed by atoms with E-state index in [1.165, 1.54) is 16.7 Å². The molecule has 3 heteroatoms. The van der Waals surface area contributed by atoms with Crippen molar-refractivity contribution in [3.05, 3.63) is 65.2 Å². The molecule has 0 aromatic heterocycles. The molecule has 2 aromatic carbocycles. The van der Waals surface area contributed by atoms with Crippen LogP contribution in [0.5, 0.6) is 5.75 Å². The minimum atomic E-state index is 0.617. The quantitative estimate of drug-likeness (QED) is 0.697. The van der Waals surface area contributed by atoms with E-state index in [2.05, 4.69) is 60.0 Å². The van der Waals surface area contributed by atoms with Crippen molar-refractivity contribution in [1.82, 2.24) is 10.6 Å². The van der Waals surface area contributed by atoms with Crippen LogP contribution in [0.25, 0.3) is 0 Å². The first-order valence-electron chi connectivity index (χ1n) is 7.91. The van der Waals surface area contributed by atoms with E-state index in [1.54, 1.807) is 0 Å². The van der Waals surface area contributed by atoms with Crippen molar-refractivity contribution in [3.8, 4) is 5.75 Å². The molecule has 2 rings (SSSR count). The van der Waals surface area contributed by atoms with Crippen molar-refractivity contribution in [2.75, 3.05) is 20.1 Å². The van der Waals surface area contributed by atoms with Crippen molar-refractivity contribution in [2.24, 2.45) is 0 Å². The van der Waals surface area contributed by atoms with Gasteiger partial charge in [-0.15, -0.1) is 0 Å². The summed E-state index contributed by atoms with van der Waals surface area (Å²) < 4.78 is 5.92. The first-order valence-corrected chi connectivity index (χ1v) is 7.91. The minimum Gasteiger partial charge on any atom is -0.489 e. The highest BCUT2D eigenvalue weighted by Gasteiger charge is 2.00. The third kappa shape index (κ3) is 5.51. The maximum atomic E-state index is 5.92. The number of ether oxygens (including phenoxy) is 1. The van der Waals surface area contributed by atoms with Gasteiger partial charge in [0.15, 0.2) is 0 Å². The van der Waals surface area contributed by atoms with Gasteiger partial charge in [0.25, 0.3) is 0 Å². The maximum Gasteiger partial charge on any atom is 0.120 e. The molecular weight excluding hydrogens is 272 g/mol. The molecule has 0 saturated carbocycles. The first-order chi connectivity index (χ1) is 10.8. The van der Waals surface area contributed by atoms with Crippen molar-refractivity contribution in [2.45, 2.75) is 26.5 Å². The Hall–Kier alpha value is -1.84. The van der Waals surface area contributed by atoms with Gasteiger partial charge in [-0.05, 0) is 62.3 Å². The zero-order chi connectivity index (χ0) is 15.6. The van der Waals surface area contributed by atoms with Gasteiger partial charge < -0.3 is 15.4 Å². The highest BCUT2D eigenvalue weighted by Crippen LogP contribution is 2.16. The molecule has 0 aliphatic carbocycles. The lowest BCUT2D eigenvalue weighted by Crippen LogP contribution is -2.19. The Morgan fingerprint density at radius 1 is 1.00 bits per heavy atom. The predicted molar refractivity (Wildman–Crippen MR) is 92.2 cm³/mol. The standard InChI is InChI=1S/C19H26N2O/c1-16-7-3-4-9-18(16)15-22-19-10-5-8-17(13-19)14-21-12-6-11-20-2/h3-5,7-10,13,20-21H,6,11-12,14-15H2,1-2H3. The average molecular weight is 298 g/mol. The Labute approximate surface area is 133 Å². The van der Waals surface area contributed by atoms with E-state index in [0.717, 1.165) is 31.8 Å². The summed E-state index contributed by atoms with van der Waals surface area (Å²) in [5.41, 5.74) is 3.76. The molecule has 0 atom stereocenters. The highest BCUT2D eigenvalue weighted by molar-refractivity contribution is 5.30. The van der Waals surface area contributed by atoms with E-state index >= 15 is 0 Å². The van der Waals surface area contributed by atoms with Crippen LogP contribution in [0.15, 0.2) is 48.5 Å². The average Bonchev–Trinajstić information content (AvgIpc) is 2.54. The fourth-order valence-corrected chi connectivity index (χ4v) is 2.30. The topological polar surface area (TPSA) is 33.3 Å². The molecule has 0 bridgehead atoms. The fraction of sp³-hybridized carbons (Fsp3) is 0.368. The summed E-state index contributed by atoms with van der Waals surface area (Å²) in [4.78, 5) is 0. The lowest BCUT2D eigenvalue weighted by Gasteiger charge is -2.10. The van der Waals surface area contributed by atoms with E-state index in [4.69, 9.17) is 4.74 Å². The fourth-order valence-electron chi connectivity index (χ4n) is 2.30. The highest BCUT2D eigenvalue weighted by atomic mass is 16.5. The third-order valence-electron chi connectivity index (χ3n) is 3.66. The van der Waals surface area contributed by atoms with E-state index in [1.807, 2.05) is 13.1 Å². The summed E-state index contributed by atoms with van der Waals surface area (Å²) in [6.07, 6.45) is 1.14. The first kappa shape index (κ1) is 16.5. The zero-order valence-corrected chi connectivity index (χ0v) is 13.6. The minimum absolute atomic E-state index is 0.617. The van der Waals surface area contributed by atoms with Gasteiger partial charge in [-0.3, -0.25) is 0 Å². The van der Waals surface area contributed by atoms with Crippen LogP contribution in [0.4, 0.5) is 0 Å². The molecule has 0 amide bonds. The van der Waals surface area contributed by atoms with Crippen molar-refractivity contribution in [1.29, 1.82) is 0 Å². The van der Waals surface area contributed by atoms with Crippen LogP contribution in [0.1, 0.15) is 23.1 Å². The summed E-state index contributed by atoms with van der Waals surface area (Å²) in [5.74, 6) is 0.928. The summed E-state index contributed by atoms with van der Waals surface area (Å²) in [5, 5.41) is 6.60. The van der Waals surface area contributed by atoms with E-state index < -0.39 is 0 Å². The molecule has 0 aliphatic rings. The molecule has 0 aliphatic heterocycles. The summed E-state index contributed by atoms with van der Waals surface area (Å²) in [6, 6.07) is 16.7.